The summed E-state index contributed by atoms with van der Waals surface area (Å²) in [4.78, 5) is 13.9. The van der Waals surface area contributed by atoms with Crippen LogP contribution in [0, 0.1) is 6.92 Å². The summed E-state index contributed by atoms with van der Waals surface area (Å²) in [5.41, 5.74) is 2.20. The van der Waals surface area contributed by atoms with Gasteiger partial charge in [0.15, 0.2) is 0 Å². The molecule has 1 aromatic carbocycles. The lowest BCUT2D eigenvalue weighted by atomic mass is 10.2. The van der Waals surface area contributed by atoms with Crippen LogP contribution in [0.3, 0.4) is 0 Å². The second-order valence-electron chi connectivity index (χ2n) is 5.19. The normalized spacial score (nSPS) is 12.2. The summed E-state index contributed by atoms with van der Waals surface area (Å²) in [6.07, 6.45) is 0.854. The maximum Gasteiger partial charge on any atom is 0.257 e. The van der Waals surface area contributed by atoms with Gasteiger partial charge >= 0.3 is 0 Å². The topological polar surface area (TPSA) is 67.6 Å². The molecule has 1 aromatic heterocycles. The van der Waals surface area contributed by atoms with E-state index in [9.17, 15) is 9.90 Å². The fourth-order valence-electron chi connectivity index (χ4n) is 2.30. The van der Waals surface area contributed by atoms with E-state index < -0.39 is 6.10 Å². The number of rotatable bonds is 6. The third kappa shape index (κ3) is 3.52. The van der Waals surface area contributed by atoms with Crippen LogP contribution in [0.2, 0.25) is 0 Å². The second kappa shape index (κ2) is 7.20. The Hall–Kier alpha value is -2.18. The maximum atomic E-state index is 12.5. The highest BCUT2D eigenvalue weighted by atomic mass is 16.5. The van der Waals surface area contributed by atoms with Crippen LogP contribution in [0.1, 0.15) is 16.1 Å². The highest BCUT2D eigenvalue weighted by Crippen LogP contribution is 2.15. The van der Waals surface area contributed by atoms with Crippen LogP contribution in [0.5, 0.6) is 0 Å². The number of methoxy groups -OCH3 is 1. The van der Waals surface area contributed by atoms with E-state index in [-0.39, 0.29) is 19.1 Å². The Morgan fingerprint density at radius 2 is 2.09 bits per heavy atom. The van der Waals surface area contributed by atoms with Crippen molar-refractivity contribution in [2.45, 2.75) is 13.0 Å². The Labute approximate surface area is 129 Å². The van der Waals surface area contributed by atoms with Crippen LogP contribution in [-0.2, 0) is 4.74 Å². The van der Waals surface area contributed by atoms with Gasteiger partial charge in [0.25, 0.3) is 5.91 Å². The van der Waals surface area contributed by atoms with Crippen LogP contribution in [-0.4, -0.2) is 59.1 Å². The number of carbonyl (C=O) groups is 1. The summed E-state index contributed by atoms with van der Waals surface area (Å²) in [6.45, 7) is 2.26. The average Bonchev–Trinajstić information content (AvgIpc) is 2.89. The predicted octanol–water partition coefficient (Wildman–Crippen LogP) is 1.26. The molecule has 0 fully saturated rings. The van der Waals surface area contributed by atoms with E-state index in [1.165, 1.54) is 12.0 Å². The lowest BCUT2D eigenvalue weighted by Gasteiger charge is -2.20. The summed E-state index contributed by atoms with van der Waals surface area (Å²) in [7, 11) is 3.17. The van der Waals surface area contributed by atoms with Crippen LogP contribution in [0.15, 0.2) is 36.5 Å². The highest BCUT2D eigenvalue weighted by Gasteiger charge is 2.20. The molecule has 6 nitrogen and oxygen atoms in total. The first-order valence-corrected chi connectivity index (χ1v) is 7.07. The van der Waals surface area contributed by atoms with Gasteiger partial charge in [-0.3, -0.25) is 4.79 Å². The van der Waals surface area contributed by atoms with Crippen molar-refractivity contribution < 1.29 is 14.6 Å². The number of carbonyl (C=O) groups excluding carboxylic acids is 1. The van der Waals surface area contributed by atoms with Crippen molar-refractivity contribution in [3.8, 4) is 5.69 Å². The molecular weight excluding hydrogens is 282 g/mol. The minimum atomic E-state index is -0.705. The molecule has 0 aliphatic heterocycles. The van der Waals surface area contributed by atoms with Crippen LogP contribution >= 0.6 is 0 Å². The van der Waals surface area contributed by atoms with Gasteiger partial charge in [-0.05, 0) is 19.1 Å². The van der Waals surface area contributed by atoms with Crippen LogP contribution in [0.4, 0.5) is 0 Å². The molecule has 1 N–H and O–H groups in total. The fourth-order valence-corrected chi connectivity index (χ4v) is 2.30. The number of para-hydroxylation sites is 1. The molecule has 0 spiro atoms. The van der Waals surface area contributed by atoms with Crippen molar-refractivity contribution in [1.29, 1.82) is 0 Å². The molecule has 118 valence electrons. The van der Waals surface area contributed by atoms with E-state index in [4.69, 9.17) is 4.74 Å². The molecule has 0 radical (unpaired) electrons. The molecule has 0 aliphatic carbocycles. The Bertz CT molecular complexity index is 625. The minimum absolute atomic E-state index is 0.171. The zero-order chi connectivity index (χ0) is 16.1. The number of aromatic nitrogens is 2. The van der Waals surface area contributed by atoms with Crippen molar-refractivity contribution in [2.24, 2.45) is 0 Å². The lowest BCUT2D eigenvalue weighted by molar-refractivity contribution is 0.0380. The molecule has 0 saturated heterocycles. The predicted molar refractivity (Wildman–Crippen MR) is 83.1 cm³/mol. The molecule has 0 saturated carbocycles. The van der Waals surface area contributed by atoms with E-state index in [0.29, 0.717) is 5.56 Å². The second-order valence-corrected chi connectivity index (χ2v) is 5.19. The van der Waals surface area contributed by atoms with E-state index in [2.05, 4.69) is 5.10 Å². The molecule has 1 unspecified atom stereocenters. The van der Waals surface area contributed by atoms with Crippen molar-refractivity contribution >= 4 is 5.91 Å². The first-order chi connectivity index (χ1) is 10.5. The smallest absolute Gasteiger partial charge is 0.257 e. The number of benzene rings is 1. The molecule has 1 amide bonds. The zero-order valence-corrected chi connectivity index (χ0v) is 13.1. The lowest BCUT2D eigenvalue weighted by Crippen LogP contribution is -2.36. The molecule has 0 bridgehead atoms. The number of aliphatic hydroxyl groups is 1. The molecule has 22 heavy (non-hydrogen) atoms. The van der Waals surface area contributed by atoms with Gasteiger partial charge in [0.1, 0.15) is 0 Å². The van der Waals surface area contributed by atoms with Gasteiger partial charge in [0.05, 0.1) is 35.9 Å². The third-order valence-corrected chi connectivity index (χ3v) is 3.43. The Kier molecular flexibility index (Phi) is 5.30. The summed E-state index contributed by atoms with van der Waals surface area (Å²) >= 11 is 0. The van der Waals surface area contributed by atoms with E-state index in [1.54, 1.807) is 17.9 Å². The maximum absolute atomic E-state index is 12.5. The van der Waals surface area contributed by atoms with Crippen molar-refractivity contribution in [3.63, 3.8) is 0 Å². The highest BCUT2D eigenvalue weighted by molar-refractivity contribution is 5.95. The Balaban J connectivity index is 2.16. The van der Waals surface area contributed by atoms with E-state index >= 15 is 0 Å². The van der Waals surface area contributed by atoms with Gasteiger partial charge in [0.2, 0.25) is 0 Å². The largest absolute Gasteiger partial charge is 0.389 e. The summed E-state index contributed by atoms with van der Waals surface area (Å²) in [5, 5.41) is 14.0. The van der Waals surface area contributed by atoms with Crippen molar-refractivity contribution in [1.82, 2.24) is 14.7 Å². The van der Waals surface area contributed by atoms with Gasteiger partial charge in [-0.2, -0.15) is 5.10 Å². The summed E-state index contributed by atoms with van der Waals surface area (Å²) in [6, 6.07) is 9.64. The standard InChI is InChI=1S/C16H21N3O3/c1-12-15(16(21)18(2)10-14(20)11-22-3)9-17-19(12)13-7-5-4-6-8-13/h4-9,14,20H,10-11H2,1-3H3. The number of amides is 1. The number of aliphatic hydroxyl groups excluding tert-OH is 1. The molecule has 0 aliphatic rings. The molecule has 2 rings (SSSR count). The fraction of sp³-hybridized carbons (Fsp3) is 0.375. The third-order valence-electron chi connectivity index (χ3n) is 3.43. The van der Waals surface area contributed by atoms with Gasteiger partial charge in [-0.1, -0.05) is 18.2 Å². The average molecular weight is 303 g/mol. The Morgan fingerprint density at radius 3 is 2.73 bits per heavy atom. The van der Waals surface area contributed by atoms with Gasteiger partial charge in [-0.25, -0.2) is 4.68 Å². The quantitative estimate of drug-likeness (QED) is 0.872. The number of likely N-dealkylation sites (N-methyl/N-ethyl adjacent to an activating group) is 1. The number of hydrogen-bond acceptors (Lipinski definition) is 4. The van der Waals surface area contributed by atoms with Crippen molar-refractivity contribution in [2.75, 3.05) is 27.3 Å². The van der Waals surface area contributed by atoms with Gasteiger partial charge in [0, 0.05) is 20.7 Å². The van der Waals surface area contributed by atoms with Crippen molar-refractivity contribution in [3.05, 3.63) is 47.8 Å². The first-order valence-electron chi connectivity index (χ1n) is 7.07. The molecule has 1 heterocycles. The summed E-state index contributed by atoms with van der Waals surface area (Å²) in [5.74, 6) is -0.171. The zero-order valence-electron chi connectivity index (χ0n) is 13.1. The first kappa shape index (κ1) is 16.2. The Morgan fingerprint density at radius 1 is 1.41 bits per heavy atom. The van der Waals surface area contributed by atoms with Crippen LogP contribution < -0.4 is 0 Å². The monoisotopic (exact) mass is 303 g/mol. The number of nitrogens with zero attached hydrogens (tertiary/aromatic N) is 3. The molecule has 2 aromatic rings. The number of hydrogen-bond donors (Lipinski definition) is 1. The number of ether oxygens (including phenoxy) is 1. The van der Waals surface area contributed by atoms with Gasteiger partial charge in [-0.15, -0.1) is 0 Å². The SMILES string of the molecule is COCC(O)CN(C)C(=O)c1cnn(-c2ccccc2)c1C. The van der Waals surface area contributed by atoms with Crippen LogP contribution in [0.25, 0.3) is 5.69 Å². The van der Waals surface area contributed by atoms with Gasteiger partial charge < -0.3 is 14.7 Å². The molecule has 6 heteroatoms. The minimum Gasteiger partial charge on any atom is -0.389 e. The van der Waals surface area contributed by atoms with E-state index in [1.807, 2.05) is 37.3 Å². The molecule has 1 atom stereocenters. The summed E-state index contributed by atoms with van der Waals surface area (Å²) < 4.78 is 6.60. The van der Waals surface area contributed by atoms with E-state index in [0.717, 1.165) is 11.4 Å². The molecular formula is C16H21N3O3.